The molecule has 2 aromatic rings. The number of piperidine rings is 1. The van der Waals surface area contributed by atoms with E-state index < -0.39 is 0 Å². The fourth-order valence-electron chi connectivity index (χ4n) is 3.05. The number of hydrogen-bond acceptors (Lipinski definition) is 3. The van der Waals surface area contributed by atoms with Gasteiger partial charge in [0, 0.05) is 25.4 Å². The second-order valence-electron chi connectivity index (χ2n) is 5.76. The third-order valence-electron chi connectivity index (χ3n) is 4.38. The Morgan fingerprint density at radius 1 is 1.22 bits per heavy atom. The lowest BCUT2D eigenvalue weighted by Crippen LogP contribution is -2.38. The van der Waals surface area contributed by atoms with E-state index in [0.29, 0.717) is 24.7 Å². The molecule has 2 heterocycles. The summed E-state index contributed by atoms with van der Waals surface area (Å²) in [5, 5.41) is 0. The summed E-state index contributed by atoms with van der Waals surface area (Å²) in [6.07, 6.45) is 3.32. The number of nitrogens with zero attached hydrogens (tertiary/aromatic N) is 1. The van der Waals surface area contributed by atoms with Crippen LogP contribution in [-0.2, 0) is 0 Å². The molecule has 0 unspecified atom stereocenters. The number of rotatable bonds is 3. The number of amides is 1. The summed E-state index contributed by atoms with van der Waals surface area (Å²) in [7, 11) is 1.43. The quantitative estimate of drug-likeness (QED) is 0.946. The molecule has 1 aromatic carbocycles. The molecule has 0 spiro atoms. The van der Waals surface area contributed by atoms with Crippen LogP contribution in [0.1, 0.15) is 34.8 Å². The Balaban J connectivity index is 1.66. The number of hydrogen-bond donors (Lipinski definition) is 1. The van der Waals surface area contributed by atoms with Crippen molar-refractivity contribution in [1.82, 2.24) is 9.88 Å². The largest absolute Gasteiger partial charge is 0.491 e. The van der Waals surface area contributed by atoms with E-state index in [0.717, 1.165) is 12.8 Å². The van der Waals surface area contributed by atoms with Crippen molar-refractivity contribution in [3.8, 4) is 5.75 Å². The summed E-state index contributed by atoms with van der Waals surface area (Å²) < 4.78 is 4.92. The number of H-pyrrole nitrogens is 1. The molecule has 1 saturated heterocycles. The van der Waals surface area contributed by atoms with E-state index in [2.05, 4.69) is 29.2 Å². The third kappa shape index (κ3) is 3.28. The SMILES string of the molecule is COc1c[nH]c(C(=O)N2CCC(c3ccccc3)CC2)cc1=O. The van der Waals surface area contributed by atoms with E-state index >= 15 is 0 Å². The minimum atomic E-state index is -0.284. The van der Waals surface area contributed by atoms with Crippen molar-refractivity contribution >= 4 is 5.91 Å². The molecule has 5 nitrogen and oxygen atoms in total. The van der Waals surface area contributed by atoms with Gasteiger partial charge in [0.15, 0.2) is 5.75 Å². The lowest BCUT2D eigenvalue weighted by Gasteiger charge is -2.32. The van der Waals surface area contributed by atoms with Crippen molar-refractivity contribution in [1.29, 1.82) is 0 Å². The van der Waals surface area contributed by atoms with Crippen LogP contribution in [0, 0.1) is 0 Å². The lowest BCUT2D eigenvalue weighted by atomic mass is 9.89. The molecule has 120 valence electrons. The maximum absolute atomic E-state index is 12.5. The average Bonchev–Trinajstić information content (AvgIpc) is 2.62. The molecule has 1 amide bonds. The highest BCUT2D eigenvalue weighted by Crippen LogP contribution is 2.28. The van der Waals surface area contributed by atoms with Crippen LogP contribution in [0.3, 0.4) is 0 Å². The zero-order chi connectivity index (χ0) is 16.2. The monoisotopic (exact) mass is 312 g/mol. The topological polar surface area (TPSA) is 62.4 Å². The van der Waals surface area contributed by atoms with E-state index in [-0.39, 0.29) is 17.1 Å². The first-order valence-corrected chi connectivity index (χ1v) is 7.80. The molecule has 0 saturated carbocycles. The summed E-state index contributed by atoms with van der Waals surface area (Å²) in [5.74, 6) is 0.579. The number of likely N-dealkylation sites (tertiary alicyclic amines) is 1. The highest BCUT2D eigenvalue weighted by molar-refractivity contribution is 5.92. The predicted molar refractivity (Wildman–Crippen MR) is 87.9 cm³/mol. The number of ether oxygens (including phenoxy) is 1. The van der Waals surface area contributed by atoms with E-state index in [1.54, 1.807) is 4.90 Å². The fraction of sp³-hybridized carbons (Fsp3) is 0.333. The van der Waals surface area contributed by atoms with Crippen LogP contribution in [0.25, 0.3) is 0 Å². The second kappa shape index (κ2) is 6.69. The standard InChI is InChI=1S/C18H20N2O3/c1-23-17-12-19-15(11-16(17)21)18(22)20-9-7-14(8-10-20)13-5-3-2-4-6-13/h2-6,11-12,14H,7-10H2,1H3,(H,19,21). The molecule has 1 aliphatic rings. The molecule has 1 N–H and O–H groups in total. The number of carbonyl (C=O) groups is 1. The Hall–Kier alpha value is -2.56. The molecule has 23 heavy (non-hydrogen) atoms. The summed E-state index contributed by atoms with van der Waals surface area (Å²) in [6, 6.07) is 11.7. The molecular formula is C18H20N2O3. The van der Waals surface area contributed by atoms with Crippen molar-refractivity contribution in [3.05, 3.63) is 64.1 Å². The molecule has 5 heteroatoms. The molecule has 1 fully saturated rings. The van der Waals surface area contributed by atoms with Gasteiger partial charge >= 0.3 is 0 Å². The first-order chi connectivity index (χ1) is 11.2. The molecular weight excluding hydrogens is 292 g/mol. The number of pyridine rings is 1. The number of nitrogens with one attached hydrogen (secondary N) is 1. The zero-order valence-corrected chi connectivity index (χ0v) is 13.1. The maximum atomic E-state index is 12.5. The van der Waals surface area contributed by atoms with Gasteiger partial charge in [0.05, 0.1) is 7.11 Å². The summed E-state index contributed by atoms with van der Waals surface area (Å²) in [4.78, 5) is 28.9. The van der Waals surface area contributed by atoms with Gasteiger partial charge in [0.25, 0.3) is 5.91 Å². The van der Waals surface area contributed by atoms with Gasteiger partial charge in [-0.1, -0.05) is 30.3 Å². The Bertz CT molecular complexity index is 731. The Morgan fingerprint density at radius 3 is 2.52 bits per heavy atom. The summed E-state index contributed by atoms with van der Waals surface area (Å²) >= 11 is 0. The molecule has 3 rings (SSSR count). The van der Waals surface area contributed by atoms with Crippen LogP contribution in [0.4, 0.5) is 0 Å². The van der Waals surface area contributed by atoms with E-state index in [1.165, 1.54) is 24.9 Å². The van der Waals surface area contributed by atoms with Gasteiger partial charge in [-0.05, 0) is 24.3 Å². The summed E-state index contributed by atoms with van der Waals surface area (Å²) in [6.45, 7) is 1.40. The van der Waals surface area contributed by atoms with Gasteiger partial charge in [0.2, 0.25) is 5.43 Å². The van der Waals surface area contributed by atoms with Crippen molar-refractivity contribution in [2.75, 3.05) is 20.2 Å². The average molecular weight is 312 g/mol. The fourth-order valence-corrected chi connectivity index (χ4v) is 3.05. The van der Waals surface area contributed by atoms with Crippen molar-refractivity contribution < 1.29 is 9.53 Å². The van der Waals surface area contributed by atoms with Gasteiger partial charge in [-0.3, -0.25) is 9.59 Å². The van der Waals surface area contributed by atoms with Crippen LogP contribution in [0.5, 0.6) is 5.75 Å². The number of carbonyl (C=O) groups excluding carboxylic acids is 1. The van der Waals surface area contributed by atoms with Crippen LogP contribution in [-0.4, -0.2) is 36.0 Å². The molecule has 0 aliphatic carbocycles. The molecule has 0 bridgehead atoms. The van der Waals surface area contributed by atoms with Crippen LogP contribution in [0.15, 0.2) is 47.4 Å². The number of aromatic nitrogens is 1. The highest BCUT2D eigenvalue weighted by atomic mass is 16.5. The van der Waals surface area contributed by atoms with Crippen LogP contribution >= 0.6 is 0 Å². The Labute approximate surface area is 134 Å². The van der Waals surface area contributed by atoms with Gasteiger partial charge in [0.1, 0.15) is 5.69 Å². The number of benzene rings is 1. The van der Waals surface area contributed by atoms with E-state index in [1.807, 2.05) is 6.07 Å². The number of methoxy groups -OCH3 is 1. The molecule has 1 aliphatic heterocycles. The van der Waals surface area contributed by atoms with Gasteiger partial charge in [-0.2, -0.15) is 0 Å². The minimum Gasteiger partial charge on any atom is -0.491 e. The van der Waals surface area contributed by atoms with Crippen LogP contribution in [0.2, 0.25) is 0 Å². The maximum Gasteiger partial charge on any atom is 0.270 e. The molecule has 1 aromatic heterocycles. The molecule has 0 atom stereocenters. The van der Waals surface area contributed by atoms with E-state index in [4.69, 9.17) is 4.74 Å². The van der Waals surface area contributed by atoms with Gasteiger partial charge in [-0.15, -0.1) is 0 Å². The smallest absolute Gasteiger partial charge is 0.270 e. The summed E-state index contributed by atoms with van der Waals surface area (Å²) in [5.41, 5.74) is 1.36. The second-order valence-corrected chi connectivity index (χ2v) is 5.76. The lowest BCUT2D eigenvalue weighted by molar-refractivity contribution is 0.0707. The first kappa shape index (κ1) is 15.3. The van der Waals surface area contributed by atoms with E-state index in [9.17, 15) is 9.59 Å². The van der Waals surface area contributed by atoms with Gasteiger partial charge < -0.3 is 14.6 Å². The third-order valence-corrected chi connectivity index (χ3v) is 4.38. The van der Waals surface area contributed by atoms with Crippen molar-refractivity contribution in [2.45, 2.75) is 18.8 Å². The van der Waals surface area contributed by atoms with Gasteiger partial charge in [-0.25, -0.2) is 0 Å². The minimum absolute atomic E-state index is 0.128. The van der Waals surface area contributed by atoms with Crippen molar-refractivity contribution in [3.63, 3.8) is 0 Å². The van der Waals surface area contributed by atoms with Crippen molar-refractivity contribution in [2.24, 2.45) is 0 Å². The molecule has 0 radical (unpaired) electrons. The highest BCUT2D eigenvalue weighted by Gasteiger charge is 2.25. The Morgan fingerprint density at radius 2 is 1.91 bits per heavy atom. The predicted octanol–water partition coefficient (Wildman–Crippen LogP) is 2.40. The first-order valence-electron chi connectivity index (χ1n) is 7.80. The normalized spacial score (nSPS) is 15.4. The zero-order valence-electron chi connectivity index (χ0n) is 13.1. The Kier molecular flexibility index (Phi) is 4.46. The number of aromatic amines is 1. The van der Waals surface area contributed by atoms with Crippen LogP contribution < -0.4 is 10.2 Å².